The first-order valence-corrected chi connectivity index (χ1v) is 3.90. The fourth-order valence-corrected chi connectivity index (χ4v) is 1.17. The maximum atomic E-state index is 5.70. The number of nitrogens with two attached hydrogens (primary N) is 2. The Hall–Kier alpha value is -1.44. The van der Waals surface area contributed by atoms with Crippen molar-refractivity contribution in [2.45, 2.75) is 13.8 Å². The molecule has 0 saturated carbocycles. The molecule has 0 aliphatic rings. The van der Waals surface area contributed by atoms with E-state index in [2.05, 4.69) is 0 Å². The first kappa shape index (κ1) is 8.65. The van der Waals surface area contributed by atoms with Gasteiger partial charge in [0.15, 0.2) is 0 Å². The third-order valence-corrected chi connectivity index (χ3v) is 1.78. The van der Waals surface area contributed by atoms with Crippen molar-refractivity contribution in [3.8, 4) is 0 Å². The minimum absolute atomic E-state index is 0.801. The fourth-order valence-electron chi connectivity index (χ4n) is 1.17. The van der Waals surface area contributed by atoms with Crippen molar-refractivity contribution in [2.24, 2.45) is 11.5 Å². The number of rotatable bonds is 0. The molecule has 0 amide bonds. The van der Waals surface area contributed by atoms with Crippen LogP contribution in [0.2, 0.25) is 0 Å². The van der Waals surface area contributed by atoms with Gasteiger partial charge in [-0.1, -0.05) is 24.3 Å². The van der Waals surface area contributed by atoms with Crippen molar-refractivity contribution in [3.63, 3.8) is 0 Å². The normalized spacial score (nSPS) is 15.5. The molecule has 1 aromatic carbocycles. The first-order valence-electron chi connectivity index (χ1n) is 3.90. The van der Waals surface area contributed by atoms with Gasteiger partial charge < -0.3 is 11.5 Å². The van der Waals surface area contributed by atoms with E-state index in [-0.39, 0.29) is 0 Å². The smallest absolute Gasteiger partial charge is 0.0129 e. The molecule has 0 heterocycles. The minimum Gasteiger partial charge on any atom is -0.402 e. The quantitative estimate of drug-likeness (QED) is 0.558. The van der Waals surface area contributed by atoms with Crippen LogP contribution >= 0.6 is 0 Å². The molecule has 0 fully saturated rings. The van der Waals surface area contributed by atoms with Crippen LogP contribution in [0, 0.1) is 0 Å². The summed E-state index contributed by atoms with van der Waals surface area (Å²) in [5, 5.41) is 2.05. The monoisotopic (exact) mass is 162 g/mol. The number of benzene rings is 1. The molecule has 0 radical (unpaired) electrons. The number of hydrogen-bond acceptors (Lipinski definition) is 2. The summed E-state index contributed by atoms with van der Waals surface area (Å²) in [6.07, 6.45) is 0. The van der Waals surface area contributed by atoms with Crippen molar-refractivity contribution in [3.05, 3.63) is 34.7 Å². The zero-order valence-corrected chi connectivity index (χ0v) is 7.46. The summed E-state index contributed by atoms with van der Waals surface area (Å²) in [5.41, 5.74) is 13.0. The highest BCUT2D eigenvalue weighted by atomic mass is 14.6. The first-order chi connectivity index (χ1) is 5.63. The van der Waals surface area contributed by atoms with Gasteiger partial charge in [-0.2, -0.15) is 0 Å². The second-order valence-electron chi connectivity index (χ2n) is 2.91. The summed E-state index contributed by atoms with van der Waals surface area (Å²) in [7, 11) is 0. The van der Waals surface area contributed by atoms with Crippen LogP contribution < -0.4 is 21.9 Å². The maximum absolute atomic E-state index is 5.70. The molecular weight excluding hydrogens is 148 g/mol. The van der Waals surface area contributed by atoms with Crippen LogP contribution in [0.4, 0.5) is 0 Å². The molecule has 0 bridgehead atoms. The van der Waals surface area contributed by atoms with E-state index in [1.807, 2.05) is 38.1 Å². The predicted octanol–water partition coefficient (Wildman–Crippen LogP) is -0.140. The molecular formula is C10H14N2. The molecule has 12 heavy (non-hydrogen) atoms. The van der Waals surface area contributed by atoms with Crippen LogP contribution in [-0.4, -0.2) is 0 Å². The Morgan fingerprint density at radius 3 is 1.50 bits per heavy atom. The fraction of sp³-hybridized carbons (Fsp3) is 0.200. The third-order valence-electron chi connectivity index (χ3n) is 1.78. The van der Waals surface area contributed by atoms with Gasteiger partial charge in [0.25, 0.3) is 0 Å². The molecule has 64 valence electrons. The van der Waals surface area contributed by atoms with Gasteiger partial charge in [0.05, 0.1) is 0 Å². The molecule has 0 aliphatic carbocycles. The van der Waals surface area contributed by atoms with E-state index in [1.165, 1.54) is 0 Å². The van der Waals surface area contributed by atoms with Gasteiger partial charge in [-0.05, 0) is 13.8 Å². The van der Waals surface area contributed by atoms with Crippen LogP contribution in [0.1, 0.15) is 13.8 Å². The average Bonchev–Trinajstić information content (AvgIpc) is 2.04. The summed E-state index contributed by atoms with van der Waals surface area (Å²) in [4.78, 5) is 0. The Morgan fingerprint density at radius 2 is 1.25 bits per heavy atom. The lowest BCUT2D eigenvalue weighted by Gasteiger charge is -1.95. The van der Waals surface area contributed by atoms with Gasteiger partial charge in [-0.25, -0.2) is 0 Å². The van der Waals surface area contributed by atoms with E-state index in [9.17, 15) is 0 Å². The Balaban J connectivity index is 3.75. The summed E-state index contributed by atoms with van der Waals surface area (Å²) in [6, 6.07) is 7.86. The molecule has 0 saturated heterocycles. The maximum Gasteiger partial charge on any atom is 0.0129 e. The highest BCUT2D eigenvalue weighted by molar-refractivity contribution is 5.44. The Kier molecular flexibility index (Phi) is 2.38. The molecule has 4 N–H and O–H groups in total. The highest BCUT2D eigenvalue weighted by Crippen LogP contribution is 1.78. The lowest BCUT2D eigenvalue weighted by molar-refractivity contribution is 1.35. The van der Waals surface area contributed by atoms with Gasteiger partial charge in [0, 0.05) is 21.8 Å². The van der Waals surface area contributed by atoms with Crippen molar-refractivity contribution >= 4 is 11.4 Å². The molecule has 0 aromatic heterocycles. The van der Waals surface area contributed by atoms with Gasteiger partial charge in [0.2, 0.25) is 0 Å². The van der Waals surface area contributed by atoms with E-state index in [1.54, 1.807) is 0 Å². The molecule has 2 heteroatoms. The molecule has 1 rings (SSSR count). The summed E-state index contributed by atoms with van der Waals surface area (Å²) < 4.78 is 0. The molecule has 0 spiro atoms. The van der Waals surface area contributed by atoms with Gasteiger partial charge >= 0.3 is 0 Å². The Labute approximate surface area is 72.2 Å². The second-order valence-corrected chi connectivity index (χ2v) is 2.91. The zero-order valence-electron chi connectivity index (χ0n) is 7.46. The van der Waals surface area contributed by atoms with Gasteiger partial charge in [-0.3, -0.25) is 0 Å². The number of hydrogen-bond donors (Lipinski definition) is 2. The van der Waals surface area contributed by atoms with Crippen LogP contribution in [0.15, 0.2) is 24.3 Å². The summed E-state index contributed by atoms with van der Waals surface area (Å²) in [5.74, 6) is 0. The SMILES string of the molecule is C/C(N)=c1/cccc/c1=C(/C)N. The molecule has 0 unspecified atom stereocenters. The lowest BCUT2D eigenvalue weighted by Crippen LogP contribution is -2.31. The van der Waals surface area contributed by atoms with E-state index in [0.29, 0.717) is 0 Å². The second kappa shape index (κ2) is 3.30. The third kappa shape index (κ3) is 1.59. The van der Waals surface area contributed by atoms with Crippen LogP contribution in [0.3, 0.4) is 0 Å². The zero-order chi connectivity index (χ0) is 9.14. The highest BCUT2D eigenvalue weighted by Gasteiger charge is 1.88. The van der Waals surface area contributed by atoms with Crippen LogP contribution in [0.5, 0.6) is 0 Å². The van der Waals surface area contributed by atoms with E-state index in [4.69, 9.17) is 11.5 Å². The van der Waals surface area contributed by atoms with Crippen molar-refractivity contribution < 1.29 is 0 Å². The topological polar surface area (TPSA) is 52.0 Å². The standard InChI is InChI=1S/C10H14N2/c1-7(11)9-5-3-4-6-10(9)8(2)12/h3-6H,11-12H2,1-2H3/b9-7+,10-8+. The molecule has 0 atom stereocenters. The van der Waals surface area contributed by atoms with Crippen molar-refractivity contribution in [1.82, 2.24) is 0 Å². The summed E-state index contributed by atoms with van der Waals surface area (Å²) >= 11 is 0. The van der Waals surface area contributed by atoms with Crippen LogP contribution in [-0.2, 0) is 0 Å². The molecule has 2 nitrogen and oxygen atoms in total. The average molecular weight is 162 g/mol. The van der Waals surface area contributed by atoms with E-state index >= 15 is 0 Å². The summed E-state index contributed by atoms with van der Waals surface area (Å²) in [6.45, 7) is 3.75. The van der Waals surface area contributed by atoms with Gasteiger partial charge in [-0.15, -0.1) is 0 Å². The minimum atomic E-state index is 0.801. The van der Waals surface area contributed by atoms with Crippen LogP contribution in [0.25, 0.3) is 11.4 Å². The Bertz CT molecular complexity index is 344. The van der Waals surface area contributed by atoms with E-state index in [0.717, 1.165) is 21.8 Å². The van der Waals surface area contributed by atoms with Gasteiger partial charge in [0.1, 0.15) is 0 Å². The van der Waals surface area contributed by atoms with Crippen molar-refractivity contribution in [2.75, 3.05) is 0 Å². The largest absolute Gasteiger partial charge is 0.402 e. The van der Waals surface area contributed by atoms with Crippen molar-refractivity contribution in [1.29, 1.82) is 0 Å². The molecule has 0 aliphatic heterocycles. The predicted molar refractivity (Wildman–Crippen MR) is 52.2 cm³/mol. The molecule has 1 aromatic rings. The van der Waals surface area contributed by atoms with E-state index < -0.39 is 0 Å². The Morgan fingerprint density at radius 1 is 0.917 bits per heavy atom. The lowest BCUT2D eigenvalue weighted by atomic mass is 10.2.